The molecule has 0 amide bonds. The maximum atomic E-state index is 12.2. The van der Waals surface area contributed by atoms with Gasteiger partial charge in [0.05, 0.1) is 38.8 Å². The van der Waals surface area contributed by atoms with Crippen LogP contribution in [-0.2, 0) is 27.2 Å². The highest BCUT2D eigenvalue weighted by Crippen LogP contribution is 2.49. The van der Waals surface area contributed by atoms with Gasteiger partial charge in [0.2, 0.25) is 0 Å². The predicted molar refractivity (Wildman–Crippen MR) is 80.6 cm³/mol. The fraction of sp³-hybridized carbons (Fsp3) is 0.833. The predicted octanol–water partition coefficient (Wildman–Crippen LogP) is 4.07. The second kappa shape index (κ2) is 10.7. The van der Waals surface area contributed by atoms with E-state index in [2.05, 4.69) is 0 Å². The molecular weight excluding hydrogens is 302 g/mol. The monoisotopic (exact) mass is 328 g/mol. The quantitative estimate of drug-likeness (QED) is 0.397. The average Bonchev–Trinajstić information content (AvgIpc) is 2.36. The van der Waals surface area contributed by atoms with Crippen molar-refractivity contribution >= 4 is 15.2 Å². The topological polar surface area (TPSA) is 71.1 Å². The van der Waals surface area contributed by atoms with Gasteiger partial charge in [0.1, 0.15) is 0 Å². The van der Waals surface area contributed by atoms with Gasteiger partial charge >= 0.3 is 15.2 Å². The van der Waals surface area contributed by atoms with E-state index in [-0.39, 0.29) is 12.3 Å². The summed E-state index contributed by atoms with van der Waals surface area (Å²) in [6.45, 7) is 8.31. The lowest BCUT2D eigenvalue weighted by molar-refractivity contribution is 0.221. The third kappa shape index (κ3) is 8.35. The summed E-state index contributed by atoms with van der Waals surface area (Å²) in [7, 11) is -6.18. The van der Waals surface area contributed by atoms with Crippen LogP contribution in [0, 0.1) is 0 Å². The van der Waals surface area contributed by atoms with Crippen molar-refractivity contribution in [2.75, 3.05) is 38.8 Å². The van der Waals surface area contributed by atoms with Crippen molar-refractivity contribution < 1.29 is 27.2 Å². The maximum Gasteiger partial charge on any atom is 0.334 e. The summed E-state index contributed by atoms with van der Waals surface area (Å²) in [5, 5.41) is 0. The van der Waals surface area contributed by atoms with Crippen LogP contribution in [0.2, 0.25) is 0 Å². The van der Waals surface area contributed by atoms with Crippen LogP contribution < -0.4 is 0 Å². The van der Waals surface area contributed by atoms with Gasteiger partial charge in [-0.05, 0) is 27.7 Å². The summed E-state index contributed by atoms with van der Waals surface area (Å²) < 4.78 is 44.9. The third-order valence-corrected chi connectivity index (χ3v) is 6.05. The largest absolute Gasteiger partial charge is 0.334 e. The van der Waals surface area contributed by atoms with Crippen molar-refractivity contribution in [1.29, 1.82) is 0 Å². The highest BCUT2D eigenvalue weighted by molar-refractivity contribution is 7.54. The van der Waals surface area contributed by atoms with E-state index in [9.17, 15) is 9.13 Å². The van der Waals surface area contributed by atoms with Gasteiger partial charge in [0.15, 0.2) is 0 Å². The van der Waals surface area contributed by atoms with Crippen LogP contribution in [0.15, 0.2) is 12.2 Å². The number of allylic oxidation sites excluding steroid dienone is 2. The van der Waals surface area contributed by atoms with Crippen molar-refractivity contribution in [2.45, 2.75) is 27.7 Å². The van der Waals surface area contributed by atoms with Crippen LogP contribution in [-0.4, -0.2) is 38.8 Å². The summed E-state index contributed by atoms with van der Waals surface area (Å²) in [5.41, 5.74) is 0. The van der Waals surface area contributed by atoms with Crippen molar-refractivity contribution in [2.24, 2.45) is 0 Å². The average molecular weight is 328 g/mol. The molecule has 0 radical (unpaired) electrons. The highest BCUT2D eigenvalue weighted by atomic mass is 31.2. The van der Waals surface area contributed by atoms with E-state index in [0.29, 0.717) is 26.4 Å². The molecule has 0 aliphatic rings. The lowest BCUT2D eigenvalue weighted by Crippen LogP contribution is -2.00. The molecule has 0 aliphatic heterocycles. The van der Waals surface area contributed by atoms with E-state index in [4.69, 9.17) is 18.1 Å². The molecule has 6 nitrogen and oxygen atoms in total. The first-order valence-corrected chi connectivity index (χ1v) is 10.3. The molecule has 0 spiro atoms. The van der Waals surface area contributed by atoms with Crippen molar-refractivity contribution in [3.63, 3.8) is 0 Å². The Morgan fingerprint density at radius 2 is 0.900 bits per heavy atom. The molecule has 0 bridgehead atoms. The molecule has 0 aromatic rings. The molecule has 0 aromatic heterocycles. The Hall–Kier alpha value is 0.0400. The molecule has 0 saturated heterocycles. The van der Waals surface area contributed by atoms with Crippen LogP contribution in [0.1, 0.15) is 27.7 Å². The Balaban J connectivity index is 4.47. The molecule has 0 aromatic carbocycles. The summed E-state index contributed by atoms with van der Waals surface area (Å²) in [6, 6.07) is 0. The molecule has 0 fully saturated rings. The highest BCUT2D eigenvalue weighted by Gasteiger charge is 2.23. The van der Waals surface area contributed by atoms with Crippen molar-refractivity contribution in [1.82, 2.24) is 0 Å². The first-order valence-electron chi connectivity index (χ1n) is 6.86. The second-order valence-electron chi connectivity index (χ2n) is 3.73. The summed E-state index contributed by atoms with van der Waals surface area (Å²) >= 11 is 0. The Morgan fingerprint density at radius 1 is 0.650 bits per heavy atom. The minimum absolute atomic E-state index is 0.146. The first kappa shape index (κ1) is 20.0. The zero-order valence-electron chi connectivity index (χ0n) is 12.7. The summed E-state index contributed by atoms with van der Waals surface area (Å²) in [4.78, 5) is 0. The number of rotatable bonds is 12. The molecule has 0 atom stereocenters. The van der Waals surface area contributed by atoms with Crippen LogP contribution >= 0.6 is 15.2 Å². The SMILES string of the molecule is CCOP(=O)(C/C=C\CP(=O)(OCC)OCC)OCC. The molecule has 0 N–H and O–H groups in total. The third-order valence-electron chi connectivity index (χ3n) is 2.13. The summed E-state index contributed by atoms with van der Waals surface area (Å²) in [6.07, 6.45) is 3.56. The molecule has 0 heterocycles. The van der Waals surface area contributed by atoms with Crippen LogP contribution in [0.25, 0.3) is 0 Å². The Labute approximate surface area is 121 Å². The lowest BCUT2D eigenvalue weighted by atomic mass is 10.6. The first-order chi connectivity index (χ1) is 9.45. The zero-order valence-corrected chi connectivity index (χ0v) is 14.5. The Kier molecular flexibility index (Phi) is 10.7. The van der Waals surface area contributed by atoms with Crippen LogP contribution in [0.4, 0.5) is 0 Å². The van der Waals surface area contributed by atoms with Crippen molar-refractivity contribution in [3.05, 3.63) is 12.2 Å². The minimum Gasteiger partial charge on any atom is -0.309 e. The molecule has 120 valence electrons. The van der Waals surface area contributed by atoms with E-state index >= 15 is 0 Å². The maximum absolute atomic E-state index is 12.2. The molecule has 0 unspecified atom stereocenters. The summed E-state index contributed by atoms with van der Waals surface area (Å²) in [5.74, 6) is 0. The number of hydrogen-bond acceptors (Lipinski definition) is 6. The fourth-order valence-electron chi connectivity index (χ4n) is 1.48. The zero-order chi connectivity index (χ0) is 15.5. The van der Waals surface area contributed by atoms with Gasteiger partial charge in [-0.25, -0.2) is 0 Å². The molecule has 0 aliphatic carbocycles. The number of hydrogen-bond donors (Lipinski definition) is 0. The normalized spacial score (nSPS) is 13.2. The van der Waals surface area contributed by atoms with E-state index < -0.39 is 15.2 Å². The second-order valence-corrected chi connectivity index (χ2v) is 7.94. The smallest absolute Gasteiger partial charge is 0.309 e. The van der Waals surface area contributed by atoms with Gasteiger partial charge < -0.3 is 18.1 Å². The van der Waals surface area contributed by atoms with Crippen LogP contribution in [0.3, 0.4) is 0 Å². The molecule has 8 heteroatoms. The van der Waals surface area contributed by atoms with Gasteiger partial charge in [-0.3, -0.25) is 9.13 Å². The molecule has 0 saturated carbocycles. The van der Waals surface area contributed by atoms with Crippen molar-refractivity contribution in [3.8, 4) is 0 Å². The standard InChI is InChI=1S/C12H26O6P2/c1-5-15-19(13,16-6-2)11-9-10-12-20(14,17-7-3)18-8-4/h9-10H,5-8,11-12H2,1-4H3/b10-9-. The minimum atomic E-state index is -3.09. The van der Waals surface area contributed by atoms with E-state index in [1.54, 1.807) is 39.8 Å². The van der Waals surface area contributed by atoms with Gasteiger partial charge in [0, 0.05) is 0 Å². The van der Waals surface area contributed by atoms with Gasteiger partial charge in [-0.2, -0.15) is 0 Å². The van der Waals surface area contributed by atoms with Gasteiger partial charge in [-0.15, -0.1) is 0 Å². The Morgan fingerprint density at radius 3 is 1.10 bits per heavy atom. The lowest BCUT2D eigenvalue weighted by Gasteiger charge is -2.16. The van der Waals surface area contributed by atoms with Gasteiger partial charge in [-0.1, -0.05) is 12.2 Å². The molecular formula is C12H26O6P2. The fourth-order valence-corrected chi connectivity index (χ4v) is 4.44. The molecule has 0 rings (SSSR count). The Bertz CT molecular complexity index is 315. The van der Waals surface area contributed by atoms with E-state index in [1.807, 2.05) is 0 Å². The van der Waals surface area contributed by atoms with Gasteiger partial charge in [0.25, 0.3) is 0 Å². The van der Waals surface area contributed by atoms with E-state index in [0.717, 1.165) is 0 Å². The molecule has 20 heavy (non-hydrogen) atoms. The van der Waals surface area contributed by atoms with E-state index in [1.165, 1.54) is 0 Å². The van der Waals surface area contributed by atoms with Crippen LogP contribution in [0.5, 0.6) is 0 Å².